The van der Waals surface area contributed by atoms with Gasteiger partial charge < -0.3 is 4.74 Å². The molecule has 0 saturated heterocycles. The zero-order valence-electron chi connectivity index (χ0n) is 11.7. The zero-order chi connectivity index (χ0) is 14.5. The van der Waals surface area contributed by atoms with Gasteiger partial charge in [0.25, 0.3) is 0 Å². The maximum absolute atomic E-state index is 13.1. The Balaban J connectivity index is 2.59. The van der Waals surface area contributed by atoms with E-state index in [1.165, 1.54) is 6.07 Å². The van der Waals surface area contributed by atoms with Crippen LogP contribution in [0.2, 0.25) is 0 Å². The van der Waals surface area contributed by atoms with Gasteiger partial charge in [0.2, 0.25) is 0 Å². The van der Waals surface area contributed by atoms with Crippen LogP contribution < -0.4 is 11.3 Å². The average Bonchev–Trinajstić information content (AvgIpc) is 2.38. The summed E-state index contributed by atoms with van der Waals surface area (Å²) in [5.74, 6) is 3.84. The summed E-state index contributed by atoms with van der Waals surface area (Å²) in [6.07, 6.45) is 2.16. The van der Waals surface area contributed by atoms with Crippen LogP contribution in [-0.4, -0.2) is 18.8 Å². The molecular formula is C14H22F2N2O. The van der Waals surface area contributed by atoms with Crippen molar-refractivity contribution in [3.8, 4) is 0 Å². The lowest BCUT2D eigenvalue weighted by Crippen LogP contribution is -2.38. The van der Waals surface area contributed by atoms with Gasteiger partial charge in [0.1, 0.15) is 0 Å². The number of hydrazine groups is 1. The number of benzene rings is 1. The molecule has 0 bridgehead atoms. The van der Waals surface area contributed by atoms with Gasteiger partial charge in [-0.25, -0.2) is 8.78 Å². The first-order valence-electron chi connectivity index (χ1n) is 6.33. The molecule has 0 aliphatic heterocycles. The summed E-state index contributed by atoms with van der Waals surface area (Å²) in [6.45, 7) is 4.00. The Morgan fingerprint density at radius 2 is 2.00 bits per heavy atom. The summed E-state index contributed by atoms with van der Waals surface area (Å²) >= 11 is 0. The van der Waals surface area contributed by atoms with Gasteiger partial charge in [-0.05, 0) is 50.8 Å². The molecule has 1 aromatic carbocycles. The fourth-order valence-electron chi connectivity index (χ4n) is 1.82. The highest BCUT2D eigenvalue weighted by atomic mass is 19.2. The molecule has 1 aromatic rings. The summed E-state index contributed by atoms with van der Waals surface area (Å²) in [5.41, 5.74) is 3.21. The van der Waals surface area contributed by atoms with Crippen molar-refractivity contribution in [1.29, 1.82) is 0 Å². The average molecular weight is 272 g/mol. The maximum atomic E-state index is 13.1. The van der Waals surface area contributed by atoms with Gasteiger partial charge in [0, 0.05) is 13.2 Å². The first kappa shape index (κ1) is 16.0. The molecule has 1 rings (SSSR count). The van der Waals surface area contributed by atoms with Crippen molar-refractivity contribution in [2.45, 2.75) is 44.8 Å². The predicted octanol–water partition coefficient (Wildman–Crippen LogP) is 2.54. The molecule has 108 valence electrons. The molecule has 3 N–H and O–H groups in total. The minimum Gasteiger partial charge on any atom is -0.379 e. The van der Waals surface area contributed by atoms with E-state index >= 15 is 0 Å². The maximum Gasteiger partial charge on any atom is 0.159 e. The van der Waals surface area contributed by atoms with Gasteiger partial charge in [-0.15, -0.1) is 0 Å². The van der Waals surface area contributed by atoms with Gasteiger partial charge in [-0.1, -0.05) is 6.07 Å². The number of hydrogen-bond acceptors (Lipinski definition) is 3. The minimum atomic E-state index is -0.832. The summed E-state index contributed by atoms with van der Waals surface area (Å²) in [5, 5.41) is 0. The van der Waals surface area contributed by atoms with E-state index in [4.69, 9.17) is 10.6 Å². The summed E-state index contributed by atoms with van der Waals surface area (Å²) in [6, 6.07) is 3.92. The topological polar surface area (TPSA) is 47.3 Å². The third-order valence-electron chi connectivity index (χ3n) is 3.35. The van der Waals surface area contributed by atoms with Gasteiger partial charge in [-0.3, -0.25) is 11.3 Å². The minimum absolute atomic E-state index is 0.000661. The fraction of sp³-hybridized carbons (Fsp3) is 0.571. The number of ether oxygens (including phenoxy) is 1. The number of halogens is 2. The molecule has 0 radical (unpaired) electrons. The molecular weight excluding hydrogens is 250 g/mol. The predicted molar refractivity (Wildman–Crippen MR) is 71.5 cm³/mol. The molecule has 0 aliphatic carbocycles. The van der Waals surface area contributed by atoms with Crippen molar-refractivity contribution >= 4 is 0 Å². The Hall–Kier alpha value is -1.04. The van der Waals surface area contributed by atoms with Crippen molar-refractivity contribution < 1.29 is 13.5 Å². The smallest absolute Gasteiger partial charge is 0.159 e. The molecule has 19 heavy (non-hydrogen) atoms. The quantitative estimate of drug-likeness (QED) is 0.592. The number of rotatable bonds is 7. The summed E-state index contributed by atoms with van der Waals surface area (Å²) in [4.78, 5) is 0. The first-order chi connectivity index (χ1) is 8.88. The molecule has 1 atom stereocenters. The first-order valence-corrected chi connectivity index (χ1v) is 6.33. The van der Waals surface area contributed by atoms with Crippen LogP contribution in [0.4, 0.5) is 8.78 Å². The normalized spacial score (nSPS) is 13.6. The standard InChI is InChI=1S/C14H22F2N2O/c1-14(2,19-3)7-6-11(18-17)8-10-4-5-12(15)13(16)9-10/h4-5,9,11,18H,6-8,17H2,1-3H3. The summed E-state index contributed by atoms with van der Waals surface area (Å²) < 4.78 is 31.3. The highest BCUT2D eigenvalue weighted by Crippen LogP contribution is 2.18. The van der Waals surface area contributed by atoms with E-state index in [0.717, 1.165) is 24.5 Å². The Morgan fingerprint density at radius 1 is 1.32 bits per heavy atom. The molecule has 0 amide bonds. The van der Waals surface area contributed by atoms with Crippen molar-refractivity contribution in [3.05, 3.63) is 35.4 Å². The highest BCUT2D eigenvalue weighted by Gasteiger charge is 2.19. The number of nitrogens with two attached hydrogens (primary N) is 1. The van der Waals surface area contributed by atoms with Gasteiger partial charge >= 0.3 is 0 Å². The van der Waals surface area contributed by atoms with Crippen LogP contribution in [0.3, 0.4) is 0 Å². The van der Waals surface area contributed by atoms with Crippen molar-refractivity contribution in [3.63, 3.8) is 0 Å². The molecule has 0 fully saturated rings. The van der Waals surface area contributed by atoms with Crippen LogP contribution in [0.15, 0.2) is 18.2 Å². The molecule has 0 heterocycles. The van der Waals surface area contributed by atoms with Crippen LogP contribution in [0, 0.1) is 11.6 Å². The second kappa shape index (κ2) is 6.93. The summed E-state index contributed by atoms with van der Waals surface area (Å²) in [7, 11) is 1.67. The lowest BCUT2D eigenvalue weighted by molar-refractivity contribution is 0.0117. The van der Waals surface area contributed by atoms with E-state index in [2.05, 4.69) is 5.43 Å². The van der Waals surface area contributed by atoms with Crippen molar-refractivity contribution in [2.24, 2.45) is 5.84 Å². The number of methoxy groups -OCH3 is 1. The third-order valence-corrected chi connectivity index (χ3v) is 3.35. The highest BCUT2D eigenvalue weighted by molar-refractivity contribution is 5.18. The van der Waals surface area contributed by atoms with Crippen LogP contribution >= 0.6 is 0 Å². The Bertz CT molecular complexity index is 410. The largest absolute Gasteiger partial charge is 0.379 e. The fourth-order valence-corrected chi connectivity index (χ4v) is 1.82. The van der Waals surface area contributed by atoms with E-state index < -0.39 is 11.6 Å². The van der Waals surface area contributed by atoms with E-state index in [1.54, 1.807) is 13.2 Å². The van der Waals surface area contributed by atoms with E-state index in [0.29, 0.717) is 6.42 Å². The molecule has 0 aliphatic rings. The van der Waals surface area contributed by atoms with Crippen LogP contribution in [0.1, 0.15) is 32.3 Å². The van der Waals surface area contributed by atoms with Gasteiger partial charge in [0.05, 0.1) is 5.60 Å². The SMILES string of the molecule is COC(C)(C)CCC(Cc1ccc(F)c(F)c1)NN. The second-order valence-corrected chi connectivity index (χ2v) is 5.32. The van der Waals surface area contributed by atoms with Crippen LogP contribution in [0.25, 0.3) is 0 Å². The Kier molecular flexibility index (Phi) is 5.85. The molecule has 0 spiro atoms. The molecule has 0 aromatic heterocycles. The van der Waals surface area contributed by atoms with Crippen LogP contribution in [0.5, 0.6) is 0 Å². The molecule has 0 saturated carbocycles. The van der Waals surface area contributed by atoms with E-state index in [1.807, 2.05) is 13.8 Å². The lowest BCUT2D eigenvalue weighted by atomic mass is 9.95. The Morgan fingerprint density at radius 3 is 2.53 bits per heavy atom. The molecule has 5 heteroatoms. The zero-order valence-corrected chi connectivity index (χ0v) is 11.7. The van der Waals surface area contributed by atoms with E-state index in [9.17, 15) is 8.78 Å². The monoisotopic (exact) mass is 272 g/mol. The van der Waals surface area contributed by atoms with Crippen molar-refractivity contribution in [2.75, 3.05) is 7.11 Å². The molecule has 1 unspecified atom stereocenters. The number of hydrogen-bond donors (Lipinski definition) is 2. The molecule has 3 nitrogen and oxygen atoms in total. The Labute approximate surface area is 113 Å². The lowest BCUT2D eigenvalue weighted by Gasteiger charge is -2.25. The van der Waals surface area contributed by atoms with Crippen molar-refractivity contribution in [1.82, 2.24) is 5.43 Å². The van der Waals surface area contributed by atoms with E-state index in [-0.39, 0.29) is 11.6 Å². The van der Waals surface area contributed by atoms with Crippen LogP contribution in [-0.2, 0) is 11.2 Å². The van der Waals surface area contributed by atoms with Gasteiger partial charge in [-0.2, -0.15) is 0 Å². The third kappa shape index (κ3) is 5.22. The number of nitrogens with one attached hydrogen (secondary N) is 1. The van der Waals surface area contributed by atoms with Gasteiger partial charge in [0.15, 0.2) is 11.6 Å². The second-order valence-electron chi connectivity index (χ2n) is 5.32.